The summed E-state index contributed by atoms with van der Waals surface area (Å²) in [7, 11) is 0. The van der Waals surface area contributed by atoms with Gasteiger partial charge in [-0.15, -0.1) is 0 Å². The average molecular weight is 227 g/mol. The molecule has 0 radical (unpaired) electrons. The number of rotatable bonds is 3. The number of nitriles is 1. The van der Waals surface area contributed by atoms with Crippen LogP contribution in [0, 0.1) is 38.0 Å². The summed E-state index contributed by atoms with van der Waals surface area (Å²) in [6.07, 6.45) is 1.92. The summed E-state index contributed by atoms with van der Waals surface area (Å²) in [5.74, 6) is -0.314. The van der Waals surface area contributed by atoms with E-state index in [1.807, 2.05) is 32.9 Å². The van der Waals surface area contributed by atoms with Crippen molar-refractivity contribution >= 4 is 5.78 Å². The summed E-state index contributed by atoms with van der Waals surface area (Å²) in [5.41, 5.74) is 4.22. The van der Waals surface area contributed by atoms with Crippen molar-refractivity contribution in [1.82, 2.24) is 0 Å². The highest BCUT2D eigenvalue weighted by Crippen LogP contribution is 2.37. The lowest BCUT2D eigenvalue weighted by atomic mass is 9.86. The molecule has 1 aliphatic carbocycles. The molecule has 0 spiro atoms. The quantitative estimate of drug-likeness (QED) is 0.795. The van der Waals surface area contributed by atoms with Crippen LogP contribution in [0.4, 0.5) is 0 Å². The molecule has 0 heterocycles. The first-order chi connectivity index (χ1) is 8.04. The van der Waals surface area contributed by atoms with Crippen LogP contribution in [0.25, 0.3) is 0 Å². The Kier molecular flexibility index (Phi) is 3.02. The van der Waals surface area contributed by atoms with Gasteiger partial charge in [0.1, 0.15) is 5.92 Å². The molecular weight excluding hydrogens is 210 g/mol. The van der Waals surface area contributed by atoms with E-state index in [4.69, 9.17) is 0 Å². The summed E-state index contributed by atoms with van der Waals surface area (Å²) < 4.78 is 0. The van der Waals surface area contributed by atoms with Crippen LogP contribution in [-0.4, -0.2) is 5.78 Å². The monoisotopic (exact) mass is 227 g/mol. The molecule has 1 aromatic rings. The number of hydrogen-bond acceptors (Lipinski definition) is 2. The first-order valence-electron chi connectivity index (χ1n) is 6.05. The third-order valence-electron chi connectivity index (χ3n) is 3.42. The maximum absolute atomic E-state index is 12.1. The normalized spacial score (nSPS) is 16.4. The van der Waals surface area contributed by atoms with Crippen LogP contribution in [0.1, 0.15) is 41.0 Å². The Bertz CT molecular complexity index is 483. The molecule has 1 aromatic carbocycles. The summed E-state index contributed by atoms with van der Waals surface area (Å²) in [6.45, 7) is 6.01. The first kappa shape index (κ1) is 11.9. The lowest BCUT2D eigenvalue weighted by Gasteiger charge is -2.15. The van der Waals surface area contributed by atoms with Gasteiger partial charge in [0, 0.05) is 5.92 Å². The predicted octanol–water partition coefficient (Wildman–Crippen LogP) is 3.20. The zero-order valence-corrected chi connectivity index (χ0v) is 10.6. The van der Waals surface area contributed by atoms with Gasteiger partial charge in [0.15, 0.2) is 5.78 Å². The van der Waals surface area contributed by atoms with E-state index in [2.05, 4.69) is 6.07 Å². The summed E-state index contributed by atoms with van der Waals surface area (Å²) in [5, 5.41) is 9.27. The topological polar surface area (TPSA) is 40.9 Å². The standard InChI is InChI=1S/C15H17NO/c1-9-6-10(2)14(11(3)7-9)13(8-16)15(17)12-4-5-12/h6-7,12-13H,4-5H2,1-3H3. The minimum atomic E-state index is -0.567. The zero-order chi connectivity index (χ0) is 12.6. The minimum absolute atomic E-state index is 0.113. The van der Waals surface area contributed by atoms with E-state index in [0.29, 0.717) is 0 Å². The van der Waals surface area contributed by atoms with Gasteiger partial charge in [-0.25, -0.2) is 0 Å². The molecule has 17 heavy (non-hydrogen) atoms. The van der Waals surface area contributed by atoms with Crippen molar-refractivity contribution in [2.24, 2.45) is 5.92 Å². The van der Waals surface area contributed by atoms with Crippen molar-refractivity contribution in [2.75, 3.05) is 0 Å². The predicted molar refractivity (Wildman–Crippen MR) is 66.7 cm³/mol. The fraction of sp³-hybridized carbons (Fsp3) is 0.467. The smallest absolute Gasteiger partial charge is 0.157 e. The van der Waals surface area contributed by atoms with Crippen LogP contribution in [0.5, 0.6) is 0 Å². The third kappa shape index (κ3) is 2.24. The van der Waals surface area contributed by atoms with Crippen LogP contribution < -0.4 is 0 Å². The number of aryl methyl sites for hydroxylation is 3. The molecule has 1 saturated carbocycles. The van der Waals surface area contributed by atoms with Crippen molar-refractivity contribution in [1.29, 1.82) is 5.26 Å². The highest BCUT2D eigenvalue weighted by molar-refractivity contribution is 5.92. The van der Waals surface area contributed by atoms with Gasteiger partial charge < -0.3 is 0 Å². The van der Waals surface area contributed by atoms with E-state index in [0.717, 1.165) is 29.5 Å². The van der Waals surface area contributed by atoms with E-state index < -0.39 is 5.92 Å². The van der Waals surface area contributed by atoms with Gasteiger partial charge in [-0.05, 0) is 50.3 Å². The van der Waals surface area contributed by atoms with E-state index in [1.54, 1.807) is 0 Å². The Morgan fingerprint density at radius 1 is 1.29 bits per heavy atom. The molecule has 0 amide bonds. The minimum Gasteiger partial charge on any atom is -0.298 e. The Labute approximate surface area is 102 Å². The Balaban J connectivity index is 2.44. The van der Waals surface area contributed by atoms with Crippen molar-refractivity contribution in [3.05, 3.63) is 34.4 Å². The molecule has 1 aliphatic rings. The second-order valence-corrected chi connectivity index (χ2v) is 5.05. The summed E-state index contributed by atoms with van der Waals surface area (Å²) >= 11 is 0. The Morgan fingerprint density at radius 2 is 1.82 bits per heavy atom. The fourth-order valence-electron chi connectivity index (χ4n) is 2.52. The van der Waals surface area contributed by atoms with Crippen molar-refractivity contribution in [2.45, 2.75) is 39.5 Å². The highest BCUT2D eigenvalue weighted by atomic mass is 16.1. The van der Waals surface area contributed by atoms with Crippen LogP contribution in [-0.2, 0) is 4.79 Å². The number of hydrogen-bond donors (Lipinski definition) is 0. The van der Waals surface area contributed by atoms with Crippen molar-refractivity contribution in [3.8, 4) is 6.07 Å². The van der Waals surface area contributed by atoms with Gasteiger partial charge in [-0.2, -0.15) is 5.26 Å². The van der Waals surface area contributed by atoms with Crippen LogP contribution in [0.3, 0.4) is 0 Å². The van der Waals surface area contributed by atoms with Crippen molar-refractivity contribution < 1.29 is 4.79 Å². The van der Waals surface area contributed by atoms with Gasteiger partial charge in [-0.1, -0.05) is 17.7 Å². The van der Waals surface area contributed by atoms with Gasteiger partial charge in [-0.3, -0.25) is 4.79 Å². The number of nitrogens with zero attached hydrogens (tertiary/aromatic N) is 1. The molecule has 1 unspecified atom stereocenters. The molecule has 1 fully saturated rings. The largest absolute Gasteiger partial charge is 0.298 e. The second-order valence-electron chi connectivity index (χ2n) is 5.05. The maximum atomic E-state index is 12.1. The lowest BCUT2D eigenvalue weighted by molar-refractivity contribution is -0.120. The molecule has 2 nitrogen and oxygen atoms in total. The number of benzene rings is 1. The van der Waals surface area contributed by atoms with E-state index in [1.165, 1.54) is 5.56 Å². The average Bonchev–Trinajstić information content (AvgIpc) is 3.05. The number of ketones is 1. The highest BCUT2D eigenvalue weighted by Gasteiger charge is 2.36. The van der Waals surface area contributed by atoms with Crippen LogP contribution >= 0.6 is 0 Å². The Hall–Kier alpha value is -1.62. The molecule has 2 heteroatoms. The van der Waals surface area contributed by atoms with Crippen molar-refractivity contribution in [3.63, 3.8) is 0 Å². The Morgan fingerprint density at radius 3 is 2.24 bits per heavy atom. The summed E-state index contributed by atoms with van der Waals surface area (Å²) in [4.78, 5) is 12.1. The summed E-state index contributed by atoms with van der Waals surface area (Å²) in [6, 6.07) is 6.29. The van der Waals surface area contributed by atoms with E-state index in [-0.39, 0.29) is 11.7 Å². The van der Waals surface area contributed by atoms with E-state index >= 15 is 0 Å². The number of carbonyl (C=O) groups excluding carboxylic acids is 1. The number of carbonyl (C=O) groups is 1. The SMILES string of the molecule is Cc1cc(C)c(C(C#N)C(=O)C2CC2)c(C)c1. The first-order valence-corrected chi connectivity index (χ1v) is 6.05. The fourth-order valence-corrected chi connectivity index (χ4v) is 2.52. The number of Topliss-reactive ketones (excluding diaryl/α,β-unsaturated/α-hetero) is 1. The molecule has 0 aromatic heterocycles. The third-order valence-corrected chi connectivity index (χ3v) is 3.42. The molecular formula is C15H17NO. The molecule has 1 atom stereocenters. The molecule has 88 valence electrons. The van der Waals surface area contributed by atoms with Gasteiger partial charge in [0.25, 0.3) is 0 Å². The second kappa shape index (κ2) is 4.33. The zero-order valence-electron chi connectivity index (χ0n) is 10.6. The molecule has 0 bridgehead atoms. The lowest BCUT2D eigenvalue weighted by Crippen LogP contribution is -2.15. The molecule has 2 rings (SSSR count). The van der Waals surface area contributed by atoms with Gasteiger partial charge >= 0.3 is 0 Å². The molecule has 0 aliphatic heterocycles. The molecule has 0 N–H and O–H groups in total. The molecule has 0 saturated heterocycles. The van der Waals surface area contributed by atoms with E-state index in [9.17, 15) is 10.1 Å². The van der Waals surface area contributed by atoms with Crippen LogP contribution in [0.15, 0.2) is 12.1 Å². The van der Waals surface area contributed by atoms with Gasteiger partial charge in [0.2, 0.25) is 0 Å². The van der Waals surface area contributed by atoms with Crippen LogP contribution in [0.2, 0.25) is 0 Å². The maximum Gasteiger partial charge on any atom is 0.157 e. The van der Waals surface area contributed by atoms with Gasteiger partial charge in [0.05, 0.1) is 6.07 Å².